The maximum absolute atomic E-state index is 6.36. The van der Waals surface area contributed by atoms with Gasteiger partial charge in [0, 0.05) is 26.4 Å². The van der Waals surface area contributed by atoms with Gasteiger partial charge in [-0.15, -0.1) is 0 Å². The number of hydrogen-bond donors (Lipinski definition) is 1. The van der Waals surface area contributed by atoms with Crippen LogP contribution in [0, 0.1) is 0 Å². The van der Waals surface area contributed by atoms with Gasteiger partial charge in [-0.25, -0.2) is 0 Å². The molecule has 5 heteroatoms. The van der Waals surface area contributed by atoms with Crippen LogP contribution < -0.4 is 10.5 Å². The van der Waals surface area contributed by atoms with E-state index in [0.29, 0.717) is 11.4 Å². The first kappa shape index (κ1) is 15.3. The SMILES string of the molecule is NC(Cc1cc(Br)cc2c1OCC2)c1cc(Br)ccc1Cl. The molecule has 21 heavy (non-hydrogen) atoms. The molecule has 1 unspecified atom stereocenters. The maximum Gasteiger partial charge on any atom is 0.125 e. The van der Waals surface area contributed by atoms with Crippen molar-refractivity contribution in [2.24, 2.45) is 5.73 Å². The van der Waals surface area contributed by atoms with Crippen molar-refractivity contribution < 1.29 is 4.74 Å². The predicted molar refractivity (Wildman–Crippen MR) is 93.1 cm³/mol. The summed E-state index contributed by atoms with van der Waals surface area (Å²) >= 11 is 13.3. The molecule has 0 saturated carbocycles. The molecule has 0 saturated heterocycles. The van der Waals surface area contributed by atoms with Crippen molar-refractivity contribution in [3.05, 3.63) is 61.0 Å². The number of ether oxygens (including phenoxy) is 1. The number of hydrogen-bond acceptors (Lipinski definition) is 2. The average Bonchev–Trinajstić information content (AvgIpc) is 2.89. The largest absolute Gasteiger partial charge is 0.493 e. The fourth-order valence-corrected chi connectivity index (χ4v) is 3.83. The third-order valence-corrected chi connectivity index (χ3v) is 4.92. The molecule has 0 amide bonds. The summed E-state index contributed by atoms with van der Waals surface area (Å²) in [6.45, 7) is 0.742. The highest BCUT2D eigenvalue weighted by molar-refractivity contribution is 9.10. The Morgan fingerprint density at radius 1 is 1.19 bits per heavy atom. The molecule has 110 valence electrons. The van der Waals surface area contributed by atoms with Gasteiger partial charge in [0.1, 0.15) is 5.75 Å². The summed E-state index contributed by atoms with van der Waals surface area (Å²) in [6, 6.07) is 9.78. The summed E-state index contributed by atoms with van der Waals surface area (Å²) in [5.41, 5.74) is 9.68. The minimum Gasteiger partial charge on any atom is -0.493 e. The van der Waals surface area contributed by atoms with E-state index in [1.165, 1.54) is 5.56 Å². The number of nitrogens with two attached hydrogens (primary N) is 1. The Bertz CT molecular complexity index is 690. The van der Waals surface area contributed by atoms with E-state index >= 15 is 0 Å². The van der Waals surface area contributed by atoms with Crippen LogP contribution in [0.5, 0.6) is 5.75 Å². The average molecular weight is 432 g/mol. The third kappa shape index (κ3) is 3.29. The first-order chi connectivity index (χ1) is 10.0. The van der Waals surface area contributed by atoms with Crippen LogP contribution >= 0.6 is 43.5 Å². The molecule has 2 N–H and O–H groups in total. The van der Waals surface area contributed by atoms with Crippen LogP contribution in [0.25, 0.3) is 0 Å². The van der Waals surface area contributed by atoms with Gasteiger partial charge in [0.05, 0.1) is 6.61 Å². The molecule has 1 aliphatic rings. The minimum absolute atomic E-state index is 0.169. The minimum atomic E-state index is -0.169. The zero-order chi connectivity index (χ0) is 15.0. The van der Waals surface area contributed by atoms with Crippen molar-refractivity contribution in [3.8, 4) is 5.75 Å². The highest BCUT2D eigenvalue weighted by Gasteiger charge is 2.20. The van der Waals surface area contributed by atoms with Crippen LogP contribution in [0.1, 0.15) is 22.7 Å². The Labute approximate surface area is 145 Å². The van der Waals surface area contributed by atoms with Crippen molar-refractivity contribution in [2.75, 3.05) is 6.61 Å². The molecule has 1 aliphatic heterocycles. The van der Waals surface area contributed by atoms with E-state index in [4.69, 9.17) is 22.1 Å². The highest BCUT2D eigenvalue weighted by Crippen LogP contribution is 2.36. The van der Waals surface area contributed by atoms with E-state index in [1.807, 2.05) is 18.2 Å². The van der Waals surface area contributed by atoms with Gasteiger partial charge in [-0.05, 0) is 53.4 Å². The molecule has 1 heterocycles. The van der Waals surface area contributed by atoms with Gasteiger partial charge >= 0.3 is 0 Å². The lowest BCUT2D eigenvalue weighted by atomic mass is 9.97. The van der Waals surface area contributed by atoms with Crippen LogP contribution in [-0.2, 0) is 12.8 Å². The molecule has 2 aromatic carbocycles. The van der Waals surface area contributed by atoms with Crippen molar-refractivity contribution in [2.45, 2.75) is 18.9 Å². The van der Waals surface area contributed by atoms with Gasteiger partial charge in [-0.1, -0.05) is 43.5 Å². The van der Waals surface area contributed by atoms with Crippen LogP contribution in [0.15, 0.2) is 39.3 Å². The number of fused-ring (bicyclic) bond motifs is 1. The quantitative estimate of drug-likeness (QED) is 0.739. The monoisotopic (exact) mass is 429 g/mol. The van der Waals surface area contributed by atoms with Crippen molar-refractivity contribution >= 4 is 43.5 Å². The zero-order valence-electron chi connectivity index (χ0n) is 11.2. The van der Waals surface area contributed by atoms with Crippen LogP contribution in [-0.4, -0.2) is 6.61 Å². The van der Waals surface area contributed by atoms with E-state index < -0.39 is 0 Å². The zero-order valence-corrected chi connectivity index (χ0v) is 15.1. The molecule has 2 aromatic rings. The highest BCUT2D eigenvalue weighted by atomic mass is 79.9. The standard InChI is InChI=1S/C16H14Br2ClNO/c17-11-1-2-14(19)13(8-11)15(20)7-10-6-12(18)5-9-3-4-21-16(9)10/h1-2,5-6,8,15H,3-4,7,20H2. The second kappa shape index (κ2) is 6.29. The van der Waals surface area contributed by atoms with Gasteiger partial charge in [-0.3, -0.25) is 0 Å². The number of benzene rings is 2. The Balaban J connectivity index is 1.92. The lowest BCUT2D eigenvalue weighted by Gasteiger charge is -2.16. The van der Waals surface area contributed by atoms with Gasteiger partial charge in [-0.2, -0.15) is 0 Å². The molecule has 2 nitrogen and oxygen atoms in total. The Kier molecular flexibility index (Phi) is 4.60. The van der Waals surface area contributed by atoms with E-state index in [9.17, 15) is 0 Å². The molecule has 0 aliphatic carbocycles. The molecule has 0 bridgehead atoms. The number of halogens is 3. The van der Waals surface area contributed by atoms with Gasteiger partial charge in [0.2, 0.25) is 0 Å². The Morgan fingerprint density at radius 3 is 2.81 bits per heavy atom. The molecular weight excluding hydrogens is 417 g/mol. The van der Waals surface area contributed by atoms with Crippen molar-refractivity contribution in [1.82, 2.24) is 0 Å². The van der Waals surface area contributed by atoms with E-state index in [-0.39, 0.29) is 6.04 Å². The van der Waals surface area contributed by atoms with E-state index in [2.05, 4.69) is 44.0 Å². The summed E-state index contributed by atoms with van der Waals surface area (Å²) < 4.78 is 7.80. The molecular formula is C16H14Br2ClNO. The Hall–Kier alpha value is -0.550. The van der Waals surface area contributed by atoms with Gasteiger partial charge in [0.15, 0.2) is 0 Å². The summed E-state index contributed by atoms with van der Waals surface area (Å²) in [5.74, 6) is 0.986. The molecule has 0 aromatic heterocycles. The lowest BCUT2D eigenvalue weighted by molar-refractivity contribution is 0.352. The predicted octanol–water partition coefficient (Wildman–Crippen LogP) is 5.04. The first-order valence-electron chi connectivity index (χ1n) is 6.69. The summed E-state index contributed by atoms with van der Waals surface area (Å²) in [6.07, 6.45) is 1.65. The van der Waals surface area contributed by atoms with Crippen LogP contribution in [0.4, 0.5) is 0 Å². The van der Waals surface area contributed by atoms with E-state index in [0.717, 1.165) is 38.8 Å². The molecule has 0 fully saturated rings. The summed E-state index contributed by atoms with van der Waals surface area (Å²) in [7, 11) is 0. The Morgan fingerprint density at radius 2 is 2.00 bits per heavy atom. The van der Waals surface area contributed by atoms with Crippen LogP contribution in [0.3, 0.4) is 0 Å². The second-order valence-corrected chi connectivity index (χ2v) is 7.37. The first-order valence-corrected chi connectivity index (χ1v) is 8.65. The maximum atomic E-state index is 6.36. The third-order valence-electron chi connectivity index (χ3n) is 3.62. The van der Waals surface area contributed by atoms with Crippen molar-refractivity contribution in [1.29, 1.82) is 0 Å². The molecule has 3 rings (SSSR count). The lowest BCUT2D eigenvalue weighted by Crippen LogP contribution is -2.14. The van der Waals surface area contributed by atoms with Gasteiger partial charge in [0.25, 0.3) is 0 Å². The van der Waals surface area contributed by atoms with E-state index in [1.54, 1.807) is 0 Å². The fraction of sp³-hybridized carbons (Fsp3) is 0.250. The second-order valence-electron chi connectivity index (χ2n) is 5.13. The molecule has 0 spiro atoms. The number of rotatable bonds is 3. The summed E-state index contributed by atoms with van der Waals surface area (Å²) in [5, 5.41) is 0.693. The topological polar surface area (TPSA) is 35.2 Å². The van der Waals surface area contributed by atoms with Crippen LogP contribution in [0.2, 0.25) is 5.02 Å². The van der Waals surface area contributed by atoms with Crippen molar-refractivity contribution in [3.63, 3.8) is 0 Å². The van der Waals surface area contributed by atoms with Gasteiger partial charge < -0.3 is 10.5 Å². The smallest absolute Gasteiger partial charge is 0.125 e. The fourth-order valence-electron chi connectivity index (χ4n) is 2.64. The molecule has 1 atom stereocenters. The normalized spacial score (nSPS) is 14.7. The summed E-state index contributed by atoms with van der Waals surface area (Å²) in [4.78, 5) is 0. The molecule has 0 radical (unpaired) electrons.